The predicted octanol–water partition coefficient (Wildman–Crippen LogP) is 14.9. The third-order valence-corrected chi connectivity index (χ3v) is 11.2. The van der Waals surface area contributed by atoms with Crippen LogP contribution < -0.4 is 0 Å². The molecule has 294 valence electrons. The minimum atomic E-state index is 0.428. The number of benzene rings is 6. The van der Waals surface area contributed by atoms with Gasteiger partial charge in [-0.1, -0.05) is 156 Å². The van der Waals surface area contributed by atoms with Crippen molar-refractivity contribution in [2.45, 2.75) is 119 Å². The molecule has 0 radical (unpaired) electrons. The van der Waals surface area contributed by atoms with Crippen LogP contribution in [0.1, 0.15) is 153 Å². The summed E-state index contributed by atoms with van der Waals surface area (Å²) in [6.07, 6.45) is 0. The first-order valence-electron chi connectivity index (χ1n) is 20.9. The maximum Gasteiger partial charge on any atom is 0.109 e. The van der Waals surface area contributed by atoms with Crippen molar-refractivity contribution in [2.24, 2.45) is 0 Å². The molecule has 0 atom stereocenters. The van der Waals surface area contributed by atoms with Gasteiger partial charge in [0.15, 0.2) is 0 Å². The zero-order chi connectivity index (χ0) is 40.7. The molecular formula is C51H60N6. The van der Waals surface area contributed by atoms with Crippen LogP contribution >= 0.6 is 0 Å². The lowest BCUT2D eigenvalue weighted by atomic mass is 9.99. The van der Waals surface area contributed by atoms with Crippen LogP contribution in [0.3, 0.4) is 0 Å². The third kappa shape index (κ3) is 8.18. The fraction of sp³-hybridized carbons (Fsp3) is 0.353. The van der Waals surface area contributed by atoms with Crippen molar-refractivity contribution in [3.63, 3.8) is 0 Å². The van der Waals surface area contributed by atoms with E-state index < -0.39 is 0 Å². The molecule has 57 heavy (non-hydrogen) atoms. The Balaban J connectivity index is 0.000000131. The summed E-state index contributed by atoms with van der Waals surface area (Å²) in [7, 11) is 0. The third-order valence-electron chi connectivity index (χ3n) is 11.2. The number of H-pyrrole nitrogens is 3. The van der Waals surface area contributed by atoms with Crippen molar-refractivity contribution < 1.29 is 0 Å². The molecule has 0 unspecified atom stereocenters. The molecule has 0 amide bonds. The van der Waals surface area contributed by atoms with Crippen molar-refractivity contribution >= 4 is 65.4 Å². The van der Waals surface area contributed by atoms with Gasteiger partial charge in [-0.05, 0) is 68.8 Å². The van der Waals surface area contributed by atoms with E-state index in [0.717, 1.165) is 50.6 Å². The lowest BCUT2D eigenvalue weighted by molar-refractivity contribution is 0.799. The van der Waals surface area contributed by atoms with Gasteiger partial charge in [-0.25, -0.2) is 15.0 Å². The van der Waals surface area contributed by atoms with Crippen LogP contribution in [0.5, 0.6) is 0 Å². The highest BCUT2D eigenvalue weighted by Gasteiger charge is 2.13. The summed E-state index contributed by atoms with van der Waals surface area (Å²) >= 11 is 0. The predicted molar refractivity (Wildman–Crippen MR) is 245 cm³/mol. The van der Waals surface area contributed by atoms with E-state index in [1.807, 2.05) is 0 Å². The second kappa shape index (κ2) is 16.2. The lowest BCUT2D eigenvalue weighted by Crippen LogP contribution is -1.88. The maximum absolute atomic E-state index is 4.76. The van der Waals surface area contributed by atoms with Gasteiger partial charge in [0.2, 0.25) is 0 Å². The molecule has 3 heterocycles. The number of fused-ring (bicyclic) bond motifs is 9. The molecule has 0 fully saturated rings. The summed E-state index contributed by atoms with van der Waals surface area (Å²) in [5.41, 5.74) is 10.8. The monoisotopic (exact) mass is 756 g/mol. The average Bonchev–Trinajstić information content (AvgIpc) is 3.95. The van der Waals surface area contributed by atoms with Gasteiger partial charge in [0.1, 0.15) is 17.5 Å². The summed E-state index contributed by atoms with van der Waals surface area (Å²) < 4.78 is 0. The standard InChI is InChI=1S/3C17H20N2/c3*1-10(2)12-5-7-14-13(9-12)6-8-15-16(14)19-17(18-15)11(3)4/h3*5-11H,1-4H3,(H,18,19). The Morgan fingerprint density at radius 2 is 0.579 bits per heavy atom. The minimum absolute atomic E-state index is 0.428. The van der Waals surface area contributed by atoms with E-state index in [1.165, 1.54) is 49.0 Å². The van der Waals surface area contributed by atoms with Crippen LogP contribution in [0.4, 0.5) is 0 Å². The van der Waals surface area contributed by atoms with Gasteiger partial charge in [0.05, 0.1) is 33.1 Å². The van der Waals surface area contributed by atoms with Crippen LogP contribution in [0.2, 0.25) is 0 Å². The largest absolute Gasteiger partial charge is 0.342 e. The SMILES string of the molecule is CC(C)c1ccc2c(ccc3[nH]c(C(C)C)nc32)c1.CC(C)c1ccc2c(ccc3[nH]c(C(C)C)nc32)c1.CC(C)c1ccc2c(ccc3[nH]c(C(C)C)nc32)c1. The fourth-order valence-electron chi connectivity index (χ4n) is 7.42. The van der Waals surface area contributed by atoms with Gasteiger partial charge in [0, 0.05) is 33.9 Å². The van der Waals surface area contributed by atoms with E-state index in [9.17, 15) is 0 Å². The summed E-state index contributed by atoms with van der Waals surface area (Å²) in [6.45, 7) is 26.3. The van der Waals surface area contributed by atoms with Crippen LogP contribution in [0, 0.1) is 0 Å². The number of aromatic nitrogens is 6. The smallest absolute Gasteiger partial charge is 0.109 e. The van der Waals surface area contributed by atoms with Gasteiger partial charge in [-0.15, -0.1) is 0 Å². The molecule has 0 spiro atoms. The highest BCUT2D eigenvalue weighted by Crippen LogP contribution is 2.31. The van der Waals surface area contributed by atoms with Crippen molar-refractivity contribution in [1.29, 1.82) is 0 Å². The summed E-state index contributed by atoms with van der Waals surface area (Å²) in [6, 6.07) is 33.1. The van der Waals surface area contributed by atoms with Gasteiger partial charge < -0.3 is 15.0 Å². The molecule has 0 bridgehead atoms. The van der Waals surface area contributed by atoms with Crippen LogP contribution in [-0.2, 0) is 0 Å². The summed E-state index contributed by atoms with van der Waals surface area (Å²) in [5, 5.41) is 7.56. The van der Waals surface area contributed by atoms with Crippen molar-refractivity contribution in [1.82, 2.24) is 29.9 Å². The molecule has 0 saturated carbocycles. The maximum atomic E-state index is 4.76. The van der Waals surface area contributed by atoms with Gasteiger partial charge in [-0.3, -0.25) is 0 Å². The number of nitrogens with one attached hydrogen (secondary N) is 3. The average molecular weight is 757 g/mol. The number of rotatable bonds is 6. The van der Waals surface area contributed by atoms with Gasteiger partial charge >= 0.3 is 0 Å². The summed E-state index contributed by atoms with van der Waals surface area (Å²) in [4.78, 5) is 24.5. The Bertz CT molecular complexity index is 2510. The molecule has 0 aliphatic rings. The topological polar surface area (TPSA) is 86.0 Å². The molecule has 0 saturated heterocycles. The van der Waals surface area contributed by atoms with Gasteiger partial charge in [0.25, 0.3) is 0 Å². The Hall–Kier alpha value is -5.49. The highest BCUT2D eigenvalue weighted by atomic mass is 14.9. The Labute approximate surface area is 338 Å². The van der Waals surface area contributed by atoms with Crippen LogP contribution in [0.15, 0.2) is 91.0 Å². The second-order valence-electron chi connectivity index (χ2n) is 17.6. The molecule has 9 rings (SSSR count). The number of hydrogen-bond donors (Lipinski definition) is 3. The molecular weight excluding hydrogens is 697 g/mol. The zero-order valence-electron chi connectivity index (χ0n) is 36.0. The summed E-state index contributed by atoms with van der Waals surface area (Å²) in [5.74, 6) is 6.16. The molecule has 3 N–H and O–H groups in total. The van der Waals surface area contributed by atoms with Gasteiger partial charge in [-0.2, -0.15) is 0 Å². The molecule has 0 aliphatic carbocycles. The Morgan fingerprint density at radius 3 is 0.807 bits per heavy atom. The van der Waals surface area contributed by atoms with E-state index in [0.29, 0.717) is 35.5 Å². The lowest BCUT2D eigenvalue weighted by Gasteiger charge is -2.07. The normalized spacial score (nSPS) is 12.1. The first kappa shape index (κ1) is 39.7. The number of aromatic amines is 3. The van der Waals surface area contributed by atoms with Crippen LogP contribution in [-0.4, -0.2) is 29.9 Å². The minimum Gasteiger partial charge on any atom is -0.342 e. The van der Waals surface area contributed by atoms with E-state index >= 15 is 0 Å². The number of imidazole rings is 3. The fourth-order valence-corrected chi connectivity index (χ4v) is 7.42. The Morgan fingerprint density at radius 1 is 0.316 bits per heavy atom. The highest BCUT2D eigenvalue weighted by molar-refractivity contribution is 6.06. The quantitative estimate of drug-likeness (QED) is 0.158. The molecule has 0 aliphatic heterocycles. The van der Waals surface area contributed by atoms with Crippen molar-refractivity contribution in [3.05, 3.63) is 125 Å². The molecule has 6 heteroatoms. The van der Waals surface area contributed by atoms with E-state index in [1.54, 1.807) is 0 Å². The van der Waals surface area contributed by atoms with Crippen LogP contribution in [0.25, 0.3) is 65.4 Å². The zero-order valence-corrected chi connectivity index (χ0v) is 36.0. The number of hydrogen-bond acceptors (Lipinski definition) is 3. The molecule has 6 aromatic carbocycles. The van der Waals surface area contributed by atoms with E-state index in [2.05, 4.69) is 189 Å². The second-order valence-corrected chi connectivity index (χ2v) is 17.6. The first-order valence-corrected chi connectivity index (χ1v) is 20.9. The first-order chi connectivity index (χ1) is 27.2. The van der Waals surface area contributed by atoms with E-state index in [-0.39, 0.29) is 0 Å². The molecule has 6 nitrogen and oxygen atoms in total. The van der Waals surface area contributed by atoms with Crippen molar-refractivity contribution in [3.8, 4) is 0 Å². The van der Waals surface area contributed by atoms with E-state index in [4.69, 9.17) is 15.0 Å². The van der Waals surface area contributed by atoms with Crippen molar-refractivity contribution in [2.75, 3.05) is 0 Å². The Kier molecular flexibility index (Phi) is 11.3. The molecule has 9 aromatic rings. The number of nitrogens with zero attached hydrogens (tertiary/aromatic N) is 3. The molecule has 3 aromatic heterocycles.